The second-order valence-electron chi connectivity index (χ2n) is 8.24. The molecule has 3 amide bonds. The van der Waals surface area contributed by atoms with E-state index in [2.05, 4.69) is 10.6 Å². The first-order chi connectivity index (χ1) is 14.2. The molecule has 1 heterocycles. The Morgan fingerprint density at radius 3 is 2.67 bits per heavy atom. The second-order valence-corrected chi connectivity index (χ2v) is 8.24. The summed E-state index contributed by atoms with van der Waals surface area (Å²) in [6.07, 6.45) is -1.79. The Morgan fingerprint density at radius 1 is 1.13 bits per heavy atom. The van der Waals surface area contributed by atoms with Crippen molar-refractivity contribution in [3.05, 3.63) is 30.1 Å². The quantitative estimate of drug-likeness (QED) is 0.690. The molecule has 9 heteroatoms. The minimum atomic E-state index is -4.25. The summed E-state index contributed by atoms with van der Waals surface area (Å²) in [6.45, 7) is 1.30. The first-order valence-electron chi connectivity index (χ1n) is 10.4. The molecule has 1 aliphatic carbocycles. The average Bonchev–Trinajstić information content (AvgIpc) is 2.71. The lowest BCUT2D eigenvalue weighted by atomic mass is 9.80. The van der Waals surface area contributed by atoms with Crippen molar-refractivity contribution in [3.63, 3.8) is 0 Å². The Bertz CT molecular complexity index is 756. The second kappa shape index (κ2) is 9.66. The lowest BCUT2D eigenvalue weighted by molar-refractivity contribution is -0.187. The zero-order valence-corrected chi connectivity index (χ0v) is 16.7. The fraction of sp³-hybridized carbons (Fsp3) is 0.619. The number of carbonyl (C=O) groups is 2. The highest BCUT2D eigenvalue weighted by molar-refractivity contribution is 5.89. The third-order valence-corrected chi connectivity index (χ3v) is 5.95. The number of alkyl halides is 3. The number of nitrogens with zero attached hydrogens (tertiary/aromatic N) is 1. The molecule has 0 bridgehead atoms. The molecule has 2 aliphatic rings. The molecule has 3 atom stereocenters. The lowest BCUT2D eigenvalue weighted by Gasteiger charge is -2.37. The summed E-state index contributed by atoms with van der Waals surface area (Å²) < 4.78 is 52.3. The third-order valence-electron chi connectivity index (χ3n) is 5.95. The molecule has 2 N–H and O–H groups in total. The highest BCUT2D eigenvalue weighted by atomic mass is 19.4. The van der Waals surface area contributed by atoms with E-state index in [-0.39, 0.29) is 24.7 Å². The number of urea groups is 1. The number of nitrogens with one attached hydrogen (secondary N) is 2. The molecule has 1 saturated carbocycles. The molecule has 1 aromatic carbocycles. The van der Waals surface area contributed by atoms with Crippen LogP contribution in [0.5, 0.6) is 0 Å². The number of hydrogen-bond acceptors (Lipinski definition) is 2. The predicted octanol–water partition coefficient (Wildman–Crippen LogP) is 4.55. The zero-order valence-electron chi connectivity index (χ0n) is 16.7. The number of anilines is 1. The maximum atomic E-state index is 13.2. The number of halogens is 4. The molecule has 30 heavy (non-hydrogen) atoms. The molecule has 3 rings (SSSR count). The summed E-state index contributed by atoms with van der Waals surface area (Å²) in [5, 5.41) is 5.28. The van der Waals surface area contributed by atoms with E-state index in [9.17, 15) is 27.2 Å². The SMILES string of the molecule is O=C(NCC1CCCN(C(=O)C2CCCC(C(F)(F)F)C2)C1)Nc1cccc(F)c1. The van der Waals surface area contributed by atoms with Crippen molar-refractivity contribution < 1.29 is 27.2 Å². The Hall–Kier alpha value is -2.32. The van der Waals surface area contributed by atoms with Crippen LogP contribution in [0.15, 0.2) is 24.3 Å². The van der Waals surface area contributed by atoms with Gasteiger partial charge < -0.3 is 15.5 Å². The van der Waals surface area contributed by atoms with Crippen LogP contribution < -0.4 is 10.6 Å². The van der Waals surface area contributed by atoms with E-state index >= 15 is 0 Å². The minimum Gasteiger partial charge on any atom is -0.342 e. The Morgan fingerprint density at radius 2 is 1.93 bits per heavy atom. The molecule has 3 unspecified atom stereocenters. The normalized spacial score (nSPS) is 24.9. The van der Waals surface area contributed by atoms with Crippen LogP contribution in [0.2, 0.25) is 0 Å². The van der Waals surface area contributed by atoms with Crippen molar-refractivity contribution in [2.45, 2.75) is 44.7 Å². The summed E-state index contributed by atoms with van der Waals surface area (Å²) in [5.41, 5.74) is 0.337. The van der Waals surface area contributed by atoms with E-state index in [4.69, 9.17) is 0 Å². The van der Waals surface area contributed by atoms with Gasteiger partial charge in [-0.15, -0.1) is 0 Å². The summed E-state index contributed by atoms with van der Waals surface area (Å²) in [7, 11) is 0. The van der Waals surface area contributed by atoms with Crippen molar-refractivity contribution in [1.82, 2.24) is 10.2 Å². The van der Waals surface area contributed by atoms with Crippen molar-refractivity contribution in [2.75, 3.05) is 25.0 Å². The Kier molecular flexibility index (Phi) is 7.20. The van der Waals surface area contributed by atoms with Crippen LogP contribution in [0, 0.1) is 23.6 Å². The number of rotatable bonds is 4. The van der Waals surface area contributed by atoms with E-state index in [1.54, 1.807) is 11.0 Å². The van der Waals surface area contributed by atoms with E-state index in [0.717, 1.165) is 12.8 Å². The summed E-state index contributed by atoms with van der Waals surface area (Å²) in [6, 6.07) is 5.08. The molecule has 5 nitrogen and oxygen atoms in total. The van der Waals surface area contributed by atoms with Gasteiger partial charge in [-0.25, -0.2) is 9.18 Å². The summed E-state index contributed by atoms with van der Waals surface area (Å²) in [4.78, 5) is 26.5. The maximum Gasteiger partial charge on any atom is 0.391 e. The van der Waals surface area contributed by atoms with Gasteiger partial charge in [-0.3, -0.25) is 4.79 Å². The van der Waals surface area contributed by atoms with Gasteiger partial charge in [0.25, 0.3) is 0 Å². The first kappa shape index (κ1) is 22.4. The Balaban J connectivity index is 1.47. The van der Waals surface area contributed by atoms with Crippen LogP contribution in [-0.4, -0.2) is 42.6 Å². The standard InChI is InChI=1S/C21H27F4N3O2/c22-17-7-2-8-18(11-17)27-20(30)26-12-14-4-3-9-28(13-14)19(29)15-5-1-6-16(10-15)21(23,24)25/h2,7-8,11,14-16H,1,3-6,9-10,12-13H2,(H2,26,27,30). The molecule has 1 saturated heterocycles. The topological polar surface area (TPSA) is 61.4 Å². The van der Waals surface area contributed by atoms with Crippen LogP contribution >= 0.6 is 0 Å². The van der Waals surface area contributed by atoms with Gasteiger partial charge in [-0.05, 0) is 56.2 Å². The molecular weight excluding hydrogens is 402 g/mol. The molecule has 0 spiro atoms. The predicted molar refractivity (Wildman–Crippen MR) is 104 cm³/mol. The molecule has 166 valence electrons. The minimum absolute atomic E-state index is 0.0305. The van der Waals surface area contributed by atoms with E-state index in [0.29, 0.717) is 38.2 Å². The van der Waals surface area contributed by atoms with Gasteiger partial charge in [0.1, 0.15) is 5.82 Å². The number of piperidine rings is 1. The van der Waals surface area contributed by atoms with Crippen molar-refractivity contribution >= 4 is 17.6 Å². The first-order valence-corrected chi connectivity index (χ1v) is 10.4. The number of amides is 3. The average molecular weight is 429 g/mol. The number of carbonyl (C=O) groups excluding carboxylic acids is 2. The van der Waals surface area contributed by atoms with E-state index in [1.165, 1.54) is 18.2 Å². The molecular formula is C21H27F4N3O2. The van der Waals surface area contributed by atoms with Gasteiger partial charge in [0.05, 0.1) is 5.92 Å². The van der Waals surface area contributed by atoms with Gasteiger partial charge in [0, 0.05) is 31.2 Å². The van der Waals surface area contributed by atoms with Crippen LogP contribution in [0.1, 0.15) is 38.5 Å². The van der Waals surface area contributed by atoms with Crippen LogP contribution in [0.3, 0.4) is 0 Å². The largest absolute Gasteiger partial charge is 0.391 e. The van der Waals surface area contributed by atoms with Gasteiger partial charge in [0.2, 0.25) is 5.91 Å². The number of likely N-dealkylation sites (tertiary alicyclic amines) is 1. The molecule has 0 radical (unpaired) electrons. The van der Waals surface area contributed by atoms with Gasteiger partial charge in [0.15, 0.2) is 0 Å². The van der Waals surface area contributed by atoms with Crippen molar-refractivity contribution in [2.24, 2.45) is 17.8 Å². The van der Waals surface area contributed by atoms with E-state index in [1.807, 2.05) is 0 Å². The van der Waals surface area contributed by atoms with Gasteiger partial charge in [-0.1, -0.05) is 12.5 Å². The molecule has 1 aromatic rings. The van der Waals surface area contributed by atoms with Gasteiger partial charge >= 0.3 is 12.2 Å². The fourth-order valence-electron chi connectivity index (χ4n) is 4.38. The van der Waals surface area contributed by atoms with Gasteiger partial charge in [-0.2, -0.15) is 13.2 Å². The van der Waals surface area contributed by atoms with Crippen LogP contribution in [0.4, 0.5) is 28.0 Å². The number of benzene rings is 1. The van der Waals surface area contributed by atoms with E-state index < -0.39 is 29.9 Å². The van der Waals surface area contributed by atoms with Crippen LogP contribution in [0.25, 0.3) is 0 Å². The summed E-state index contributed by atoms with van der Waals surface area (Å²) >= 11 is 0. The zero-order chi connectivity index (χ0) is 21.7. The smallest absolute Gasteiger partial charge is 0.342 e. The molecule has 2 fully saturated rings. The number of hydrogen-bond donors (Lipinski definition) is 2. The highest BCUT2D eigenvalue weighted by Crippen LogP contribution is 2.40. The molecule has 1 aliphatic heterocycles. The van der Waals surface area contributed by atoms with Crippen molar-refractivity contribution in [1.29, 1.82) is 0 Å². The van der Waals surface area contributed by atoms with Crippen LogP contribution in [-0.2, 0) is 4.79 Å². The monoisotopic (exact) mass is 429 g/mol. The molecule has 0 aromatic heterocycles. The summed E-state index contributed by atoms with van der Waals surface area (Å²) in [5.74, 6) is -2.59. The van der Waals surface area contributed by atoms with Crippen molar-refractivity contribution in [3.8, 4) is 0 Å². The third kappa shape index (κ3) is 6.09. The highest BCUT2D eigenvalue weighted by Gasteiger charge is 2.44. The lowest BCUT2D eigenvalue weighted by Crippen LogP contribution is -2.47. The fourth-order valence-corrected chi connectivity index (χ4v) is 4.38. The Labute approximate surface area is 173 Å². The maximum absolute atomic E-state index is 13.2.